The Balaban J connectivity index is 1.09. The fourth-order valence-corrected chi connectivity index (χ4v) is 6.86. The number of nitrogens with one attached hydrogen (secondary N) is 1. The molecule has 0 radical (unpaired) electrons. The summed E-state index contributed by atoms with van der Waals surface area (Å²) in [5, 5.41) is 2.64. The lowest BCUT2D eigenvalue weighted by atomic mass is 9.73. The number of ether oxygens (including phenoxy) is 3. The van der Waals surface area contributed by atoms with Crippen molar-refractivity contribution in [3.63, 3.8) is 0 Å². The Hall–Kier alpha value is -4.66. The highest BCUT2D eigenvalue weighted by Crippen LogP contribution is 2.61. The monoisotopic (exact) mass is 554 g/mol. The zero-order valence-corrected chi connectivity index (χ0v) is 22.7. The van der Waals surface area contributed by atoms with Crippen LogP contribution in [0.25, 0.3) is 0 Å². The number of carbonyl (C=O) groups is 4. The molecule has 6 rings (SSSR count). The lowest BCUT2D eigenvalue weighted by Gasteiger charge is -2.28. The van der Waals surface area contributed by atoms with E-state index in [0.717, 1.165) is 12.8 Å². The largest absolute Gasteiger partial charge is 0.497 e. The van der Waals surface area contributed by atoms with Gasteiger partial charge < -0.3 is 19.5 Å². The fourth-order valence-electron chi connectivity index (χ4n) is 6.86. The Labute approximate surface area is 237 Å². The van der Waals surface area contributed by atoms with Gasteiger partial charge in [-0.2, -0.15) is 0 Å². The highest BCUT2D eigenvalue weighted by molar-refractivity contribution is 6.22. The lowest BCUT2D eigenvalue weighted by molar-refractivity contribution is -0.123. The Bertz CT molecular complexity index is 1500. The minimum Gasteiger partial charge on any atom is -0.497 e. The van der Waals surface area contributed by atoms with Crippen LogP contribution in [0.2, 0.25) is 0 Å². The van der Waals surface area contributed by atoms with Crippen molar-refractivity contribution in [2.45, 2.75) is 18.8 Å². The van der Waals surface area contributed by atoms with Crippen LogP contribution in [0.5, 0.6) is 11.5 Å². The first-order valence-corrected chi connectivity index (χ1v) is 13.6. The standard InChI is InChI=1S/C32H30N2O7/c1-39-22-12-13-26(40-2)25(16-22)33-27(35)17-41-32(38)19-8-10-21(11-9-19)34-30(36)28-20-14-23(18-6-4-3-5-7-18)24(15-20)29(28)31(34)37/h3-13,16,20,23-24,28-29H,14-15,17H2,1-2H3,(H,33,35)/t20-,23-,24+,28+,29+/m0/s1. The first-order chi connectivity index (χ1) is 19.9. The molecule has 0 spiro atoms. The second kappa shape index (κ2) is 10.7. The molecular weight excluding hydrogens is 524 g/mol. The Kier molecular flexibility index (Phi) is 6.95. The van der Waals surface area contributed by atoms with E-state index in [1.165, 1.54) is 36.8 Å². The average Bonchev–Trinajstić information content (AvgIpc) is 3.67. The maximum Gasteiger partial charge on any atom is 0.338 e. The van der Waals surface area contributed by atoms with Crippen LogP contribution < -0.4 is 19.7 Å². The van der Waals surface area contributed by atoms with E-state index in [4.69, 9.17) is 14.2 Å². The van der Waals surface area contributed by atoms with Crippen molar-refractivity contribution < 1.29 is 33.4 Å². The second-order valence-corrected chi connectivity index (χ2v) is 10.7. The molecule has 5 atom stereocenters. The van der Waals surface area contributed by atoms with E-state index in [1.807, 2.05) is 18.2 Å². The molecule has 2 bridgehead atoms. The minimum atomic E-state index is -0.705. The molecule has 1 heterocycles. The molecule has 41 heavy (non-hydrogen) atoms. The van der Waals surface area contributed by atoms with Gasteiger partial charge >= 0.3 is 5.97 Å². The third kappa shape index (κ3) is 4.71. The molecule has 3 aliphatic rings. The summed E-state index contributed by atoms with van der Waals surface area (Å²) in [6.07, 6.45) is 1.83. The van der Waals surface area contributed by atoms with Crippen LogP contribution >= 0.6 is 0 Å². The van der Waals surface area contributed by atoms with Crippen LogP contribution in [-0.2, 0) is 19.1 Å². The SMILES string of the molecule is COc1ccc(OC)c(NC(=O)COC(=O)c2ccc(N3C(=O)[C@@H]4[C@@H]5C[C@@H]([C@H]4C3=O)[C@H](c3ccccc3)C5)cc2)c1. The molecular formula is C32H30N2O7. The van der Waals surface area contributed by atoms with Crippen LogP contribution in [0.4, 0.5) is 11.4 Å². The van der Waals surface area contributed by atoms with Gasteiger partial charge in [0, 0.05) is 6.07 Å². The zero-order chi connectivity index (χ0) is 28.7. The van der Waals surface area contributed by atoms with Crippen molar-refractivity contribution in [2.75, 3.05) is 31.0 Å². The summed E-state index contributed by atoms with van der Waals surface area (Å²) in [7, 11) is 2.98. The average molecular weight is 555 g/mol. The molecule has 9 heteroatoms. The number of hydrogen-bond acceptors (Lipinski definition) is 7. The van der Waals surface area contributed by atoms with Crippen LogP contribution in [0.1, 0.15) is 34.7 Å². The number of carbonyl (C=O) groups excluding carboxylic acids is 4. The van der Waals surface area contributed by atoms with Gasteiger partial charge in [0.2, 0.25) is 11.8 Å². The number of rotatable bonds is 8. The Morgan fingerprint density at radius 2 is 1.61 bits per heavy atom. The van der Waals surface area contributed by atoms with Gasteiger partial charge in [-0.3, -0.25) is 19.3 Å². The summed E-state index contributed by atoms with van der Waals surface area (Å²) < 4.78 is 15.6. The van der Waals surface area contributed by atoms with Crippen molar-refractivity contribution in [1.29, 1.82) is 0 Å². The van der Waals surface area contributed by atoms with Gasteiger partial charge in [0.1, 0.15) is 11.5 Å². The topological polar surface area (TPSA) is 111 Å². The predicted octanol–water partition coefficient (Wildman–Crippen LogP) is 4.43. The normalized spacial score (nSPS) is 24.2. The highest BCUT2D eigenvalue weighted by atomic mass is 16.5. The van der Waals surface area contributed by atoms with Crippen molar-refractivity contribution >= 4 is 35.1 Å². The predicted molar refractivity (Wildman–Crippen MR) is 150 cm³/mol. The summed E-state index contributed by atoms with van der Waals surface area (Å²) in [5.41, 5.74) is 2.25. The number of fused-ring (bicyclic) bond motifs is 5. The number of anilines is 2. The second-order valence-electron chi connectivity index (χ2n) is 10.7. The third-order valence-corrected chi connectivity index (χ3v) is 8.62. The van der Waals surface area contributed by atoms with Crippen LogP contribution in [-0.4, -0.2) is 44.5 Å². The van der Waals surface area contributed by atoms with Crippen molar-refractivity contribution in [2.24, 2.45) is 23.7 Å². The zero-order valence-electron chi connectivity index (χ0n) is 22.7. The number of amides is 3. The first-order valence-electron chi connectivity index (χ1n) is 13.6. The molecule has 210 valence electrons. The van der Waals surface area contributed by atoms with E-state index in [1.54, 1.807) is 30.3 Å². The van der Waals surface area contributed by atoms with Gasteiger partial charge in [-0.25, -0.2) is 4.79 Å². The summed E-state index contributed by atoms with van der Waals surface area (Å²) in [4.78, 5) is 53.3. The molecule has 3 fully saturated rings. The van der Waals surface area contributed by atoms with Crippen molar-refractivity contribution in [3.8, 4) is 11.5 Å². The van der Waals surface area contributed by atoms with Crippen LogP contribution in [0.15, 0.2) is 72.8 Å². The molecule has 0 unspecified atom stereocenters. The molecule has 3 aromatic carbocycles. The number of methoxy groups -OCH3 is 2. The highest BCUT2D eigenvalue weighted by Gasteiger charge is 2.64. The van der Waals surface area contributed by atoms with Gasteiger partial charge in [-0.15, -0.1) is 0 Å². The number of nitrogens with zero attached hydrogens (tertiary/aromatic N) is 1. The lowest BCUT2D eigenvalue weighted by Crippen LogP contribution is -2.33. The number of imide groups is 1. The number of hydrogen-bond donors (Lipinski definition) is 1. The van der Waals surface area contributed by atoms with Gasteiger partial charge in [0.15, 0.2) is 6.61 Å². The minimum absolute atomic E-state index is 0.154. The molecule has 3 aromatic rings. The van der Waals surface area contributed by atoms with E-state index >= 15 is 0 Å². The maximum absolute atomic E-state index is 13.5. The number of esters is 1. The first kappa shape index (κ1) is 26.6. The van der Waals surface area contributed by atoms with Gasteiger partial charge in [-0.1, -0.05) is 30.3 Å². The van der Waals surface area contributed by atoms with Crippen molar-refractivity contribution in [1.82, 2.24) is 0 Å². The molecule has 3 amide bonds. The van der Waals surface area contributed by atoms with E-state index in [9.17, 15) is 19.2 Å². The van der Waals surface area contributed by atoms with Gasteiger partial charge in [-0.05, 0) is 72.6 Å². The van der Waals surface area contributed by atoms with Gasteiger partial charge in [0.05, 0.1) is 43.0 Å². The third-order valence-electron chi connectivity index (χ3n) is 8.62. The van der Waals surface area contributed by atoms with Crippen LogP contribution in [0.3, 0.4) is 0 Å². The quantitative estimate of drug-likeness (QED) is 0.324. The maximum atomic E-state index is 13.5. The van der Waals surface area contributed by atoms with Gasteiger partial charge in [0.25, 0.3) is 5.91 Å². The summed E-state index contributed by atoms with van der Waals surface area (Å²) >= 11 is 0. The van der Waals surface area contributed by atoms with Crippen molar-refractivity contribution in [3.05, 3.63) is 83.9 Å². The molecule has 1 saturated heterocycles. The molecule has 0 aromatic heterocycles. The molecule has 2 saturated carbocycles. The van der Waals surface area contributed by atoms with E-state index in [-0.39, 0.29) is 41.0 Å². The van der Waals surface area contributed by atoms with E-state index in [2.05, 4.69) is 17.4 Å². The fraction of sp³-hybridized carbons (Fsp3) is 0.312. The molecule has 1 aliphatic heterocycles. The Morgan fingerprint density at radius 3 is 2.32 bits per heavy atom. The van der Waals surface area contributed by atoms with Crippen LogP contribution in [0, 0.1) is 23.7 Å². The van der Waals surface area contributed by atoms with E-state index in [0.29, 0.717) is 28.8 Å². The van der Waals surface area contributed by atoms with E-state index < -0.39 is 18.5 Å². The summed E-state index contributed by atoms with van der Waals surface area (Å²) in [5.74, 6) is -0.545. The smallest absolute Gasteiger partial charge is 0.338 e. The summed E-state index contributed by atoms with van der Waals surface area (Å²) in [6, 6.07) is 21.3. The molecule has 2 aliphatic carbocycles. The molecule has 1 N–H and O–H groups in total. The summed E-state index contributed by atoms with van der Waals surface area (Å²) in [6.45, 7) is -0.515. The number of benzene rings is 3. The molecule has 9 nitrogen and oxygen atoms in total. The Morgan fingerprint density at radius 1 is 0.878 bits per heavy atom.